The number of thioether (sulfide) groups is 1. The molecule has 0 aliphatic carbocycles. The van der Waals surface area contributed by atoms with Crippen molar-refractivity contribution in [2.24, 2.45) is 11.8 Å². The van der Waals surface area contributed by atoms with Gasteiger partial charge in [-0.15, -0.1) is 11.8 Å². The lowest BCUT2D eigenvalue weighted by atomic mass is 9.85. The van der Waals surface area contributed by atoms with Crippen molar-refractivity contribution in [3.63, 3.8) is 0 Å². The van der Waals surface area contributed by atoms with Gasteiger partial charge in [0.2, 0.25) is 11.8 Å². The summed E-state index contributed by atoms with van der Waals surface area (Å²) in [6.45, 7) is 0.971. The third-order valence-electron chi connectivity index (χ3n) is 6.32. The molecule has 4 nitrogen and oxygen atoms in total. The quantitative estimate of drug-likeness (QED) is 0.603. The fourth-order valence-corrected chi connectivity index (χ4v) is 5.64. The molecule has 2 amide bonds. The molecule has 0 unspecified atom stereocenters. The Morgan fingerprint density at radius 3 is 2.33 bits per heavy atom. The number of carbonyl (C=O) groups is 2. The molecule has 2 aromatic rings. The van der Waals surface area contributed by atoms with Crippen molar-refractivity contribution in [3.8, 4) is 0 Å². The molecule has 138 valence electrons. The fraction of sp³-hybridized carbons (Fsp3) is 0.364. The molecule has 0 radical (unpaired) electrons. The first-order chi connectivity index (χ1) is 13.2. The number of benzene rings is 2. The van der Waals surface area contributed by atoms with Crippen molar-refractivity contribution in [3.05, 3.63) is 60.2 Å². The maximum atomic E-state index is 13.4. The molecule has 3 aliphatic heterocycles. The van der Waals surface area contributed by atoms with E-state index in [-0.39, 0.29) is 35.7 Å². The SMILES string of the molecule is CSc1ccc([C@H]2[C@@H]3C(=O)N(c4ccccc4)C(=O)[C@@H]3[C@H]3CCCN32)cc1. The van der Waals surface area contributed by atoms with Gasteiger partial charge >= 0.3 is 0 Å². The number of hydrogen-bond acceptors (Lipinski definition) is 4. The van der Waals surface area contributed by atoms with E-state index in [9.17, 15) is 9.59 Å². The summed E-state index contributed by atoms with van der Waals surface area (Å²) >= 11 is 1.71. The van der Waals surface area contributed by atoms with E-state index >= 15 is 0 Å². The Kier molecular flexibility index (Phi) is 4.10. The summed E-state index contributed by atoms with van der Waals surface area (Å²) in [6.07, 6.45) is 4.16. The van der Waals surface area contributed by atoms with Gasteiger partial charge in [-0.05, 0) is 55.5 Å². The summed E-state index contributed by atoms with van der Waals surface area (Å²) in [5.41, 5.74) is 1.85. The third-order valence-corrected chi connectivity index (χ3v) is 7.07. The third kappa shape index (κ3) is 2.48. The molecule has 3 saturated heterocycles. The number of anilines is 1. The molecule has 0 N–H and O–H groups in total. The molecule has 4 atom stereocenters. The average Bonchev–Trinajstić information content (AvgIpc) is 3.35. The highest BCUT2D eigenvalue weighted by molar-refractivity contribution is 7.98. The highest BCUT2D eigenvalue weighted by Gasteiger charge is 2.63. The van der Waals surface area contributed by atoms with Crippen LogP contribution in [0.5, 0.6) is 0 Å². The van der Waals surface area contributed by atoms with Crippen LogP contribution in [0.4, 0.5) is 5.69 Å². The van der Waals surface area contributed by atoms with Crippen molar-refractivity contribution in [1.82, 2.24) is 4.90 Å². The largest absolute Gasteiger partial charge is 0.292 e. The van der Waals surface area contributed by atoms with Crippen LogP contribution in [0.25, 0.3) is 0 Å². The lowest BCUT2D eigenvalue weighted by Crippen LogP contribution is -2.39. The molecule has 0 saturated carbocycles. The Hall–Kier alpha value is -2.11. The molecule has 5 rings (SSSR count). The summed E-state index contributed by atoms with van der Waals surface area (Å²) in [4.78, 5) is 31.8. The van der Waals surface area contributed by atoms with Crippen LogP contribution < -0.4 is 4.90 Å². The first-order valence-electron chi connectivity index (χ1n) is 9.53. The van der Waals surface area contributed by atoms with Crippen LogP contribution in [0.1, 0.15) is 24.4 Å². The second-order valence-electron chi connectivity index (χ2n) is 7.56. The first kappa shape index (κ1) is 17.0. The Labute approximate surface area is 163 Å². The smallest absolute Gasteiger partial charge is 0.239 e. The van der Waals surface area contributed by atoms with Crippen LogP contribution in [0, 0.1) is 11.8 Å². The van der Waals surface area contributed by atoms with Gasteiger partial charge in [-0.2, -0.15) is 0 Å². The highest BCUT2D eigenvalue weighted by Crippen LogP contribution is 2.53. The Bertz CT molecular complexity index is 883. The van der Waals surface area contributed by atoms with E-state index in [1.54, 1.807) is 11.8 Å². The Balaban J connectivity index is 1.57. The molecule has 5 heteroatoms. The predicted octanol–water partition coefficient (Wildman–Crippen LogP) is 3.73. The van der Waals surface area contributed by atoms with E-state index < -0.39 is 0 Å². The summed E-state index contributed by atoms with van der Waals surface area (Å²) < 4.78 is 0. The van der Waals surface area contributed by atoms with Gasteiger partial charge in [-0.1, -0.05) is 30.3 Å². The van der Waals surface area contributed by atoms with Gasteiger partial charge in [0.05, 0.1) is 17.5 Å². The summed E-state index contributed by atoms with van der Waals surface area (Å²) in [5.74, 6) is -0.547. The molecule has 3 heterocycles. The van der Waals surface area contributed by atoms with E-state index in [4.69, 9.17) is 0 Å². The van der Waals surface area contributed by atoms with Gasteiger partial charge in [0.25, 0.3) is 0 Å². The second-order valence-corrected chi connectivity index (χ2v) is 8.44. The lowest BCUT2D eigenvalue weighted by molar-refractivity contribution is -0.123. The second kappa shape index (κ2) is 6.50. The van der Waals surface area contributed by atoms with Gasteiger partial charge in [-0.3, -0.25) is 14.5 Å². The molecule has 3 aliphatic rings. The van der Waals surface area contributed by atoms with Crippen LogP contribution in [0.15, 0.2) is 59.5 Å². The van der Waals surface area contributed by atoms with Gasteiger partial charge in [0.15, 0.2) is 0 Å². The van der Waals surface area contributed by atoms with Crippen molar-refractivity contribution in [2.75, 3.05) is 17.7 Å². The summed E-state index contributed by atoms with van der Waals surface area (Å²) in [5, 5.41) is 0. The summed E-state index contributed by atoms with van der Waals surface area (Å²) in [6, 6.07) is 18.1. The lowest BCUT2D eigenvalue weighted by Gasteiger charge is -2.29. The number of hydrogen-bond donors (Lipinski definition) is 0. The van der Waals surface area contributed by atoms with Crippen LogP contribution in [0.3, 0.4) is 0 Å². The zero-order valence-corrected chi connectivity index (χ0v) is 16.1. The van der Waals surface area contributed by atoms with Crippen molar-refractivity contribution < 1.29 is 9.59 Å². The van der Waals surface area contributed by atoms with Gasteiger partial charge in [0, 0.05) is 17.0 Å². The van der Waals surface area contributed by atoms with Crippen LogP contribution in [-0.2, 0) is 9.59 Å². The van der Waals surface area contributed by atoms with E-state index in [1.807, 2.05) is 30.3 Å². The molecule has 3 fully saturated rings. The van der Waals surface area contributed by atoms with Crippen LogP contribution >= 0.6 is 11.8 Å². The van der Waals surface area contributed by atoms with Gasteiger partial charge < -0.3 is 0 Å². The Morgan fingerprint density at radius 1 is 0.926 bits per heavy atom. The first-order valence-corrected chi connectivity index (χ1v) is 10.8. The Morgan fingerprint density at radius 2 is 1.63 bits per heavy atom. The number of carbonyl (C=O) groups excluding carboxylic acids is 2. The van der Waals surface area contributed by atoms with E-state index in [2.05, 4.69) is 35.4 Å². The maximum absolute atomic E-state index is 13.4. The number of para-hydroxylation sites is 1. The topological polar surface area (TPSA) is 40.6 Å². The van der Waals surface area contributed by atoms with Crippen molar-refractivity contribution >= 4 is 29.3 Å². The molecule has 2 aromatic carbocycles. The van der Waals surface area contributed by atoms with Gasteiger partial charge in [0.1, 0.15) is 0 Å². The zero-order chi connectivity index (χ0) is 18.5. The molecule has 27 heavy (non-hydrogen) atoms. The monoisotopic (exact) mass is 378 g/mol. The standard InChI is InChI=1S/C22H22N2O2S/c1-27-16-11-9-14(10-12-16)20-19-18(17-8-5-13-23(17)20)21(25)24(22(19)26)15-6-3-2-4-7-15/h2-4,6-7,9-12,17-20H,5,8,13H2,1H3/t17-,18-,19-,20+/m1/s1. The average molecular weight is 378 g/mol. The van der Waals surface area contributed by atoms with Crippen LogP contribution in [-0.4, -0.2) is 35.6 Å². The van der Waals surface area contributed by atoms with E-state index in [0.717, 1.165) is 24.9 Å². The normalized spacial score (nSPS) is 30.0. The molecule has 0 aromatic heterocycles. The number of fused-ring (bicyclic) bond motifs is 3. The summed E-state index contributed by atoms with van der Waals surface area (Å²) in [7, 11) is 0. The number of rotatable bonds is 3. The molecule has 0 spiro atoms. The number of imide groups is 1. The predicted molar refractivity (Wildman–Crippen MR) is 107 cm³/mol. The fourth-order valence-electron chi connectivity index (χ4n) is 5.23. The van der Waals surface area contributed by atoms with Crippen molar-refractivity contribution in [1.29, 1.82) is 0 Å². The zero-order valence-electron chi connectivity index (χ0n) is 15.2. The van der Waals surface area contributed by atoms with E-state index in [0.29, 0.717) is 5.69 Å². The van der Waals surface area contributed by atoms with Gasteiger partial charge in [-0.25, -0.2) is 4.90 Å². The minimum absolute atomic E-state index is 0.00330. The number of amides is 2. The minimum Gasteiger partial charge on any atom is -0.292 e. The molecular weight excluding hydrogens is 356 g/mol. The highest BCUT2D eigenvalue weighted by atomic mass is 32.2. The molecule has 0 bridgehead atoms. The maximum Gasteiger partial charge on any atom is 0.239 e. The molecular formula is C22H22N2O2S. The minimum atomic E-state index is -0.275. The van der Waals surface area contributed by atoms with Crippen LogP contribution in [0.2, 0.25) is 0 Å². The number of nitrogens with zero attached hydrogens (tertiary/aromatic N) is 2. The van der Waals surface area contributed by atoms with Crippen molar-refractivity contribution in [2.45, 2.75) is 29.8 Å². The van der Waals surface area contributed by atoms with E-state index in [1.165, 1.54) is 9.80 Å².